The van der Waals surface area contributed by atoms with Crippen molar-refractivity contribution in [3.63, 3.8) is 0 Å². The predicted molar refractivity (Wildman–Crippen MR) is 120 cm³/mol. The van der Waals surface area contributed by atoms with Crippen molar-refractivity contribution in [2.24, 2.45) is 10.9 Å². The first-order valence-electron chi connectivity index (χ1n) is 11.4. The molecule has 2 fully saturated rings. The Morgan fingerprint density at radius 3 is 2.63 bits per heavy atom. The average Bonchev–Trinajstić information content (AvgIpc) is 3.30. The van der Waals surface area contributed by atoms with E-state index >= 15 is 0 Å². The quantitative estimate of drug-likeness (QED) is 0.561. The van der Waals surface area contributed by atoms with E-state index in [2.05, 4.69) is 32.4 Å². The summed E-state index contributed by atoms with van der Waals surface area (Å²) in [5.41, 5.74) is 0. The van der Waals surface area contributed by atoms with Gasteiger partial charge in [0.05, 0.1) is 6.26 Å². The highest BCUT2D eigenvalue weighted by atomic mass is 16.3. The molecule has 0 amide bonds. The highest BCUT2D eigenvalue weighted by Gasteiger charge is 2.25. The lowest BCUT2D eigenvalue weighted by molar-refractivity contribution is 0.305. The second-order valence-corrected chi connectivity index (χ2v) is 8.53. The SMILES string of the molecule is CC1CCCCC1NC(=NCCc1ccco1)NC1CCN(c2ncccn2)CC1. The summed E-state index contributed by atoms with van der Waals surface area (Å²) in [5.74, 6) is 3.46. The molecule has 2 N–H and O–H groups in total. The Labute approximate surface area is 179 Å². The van der Waals surface area contributed by atoms with Crippen LogP contribution in [0.25, 0.3) is 0 Å². The maximum absolute atomic E-state index is 5.46. The molecule has 0 radical (unpaired) electrons. The van der Waals surface area contributed by atoms with Gasteiger partial charge in [0, 0.05) is 50.5 Å². The van der Waals surface area contributed by atoms with Crippen LogP contribution in [0.1, 0.15) is 51.2 Å². The number of anilines is 1. The van der Waals surface area contributed by atoms with Crippen LogP contribution >= 0.6 is 0 Å². The largest absolute Gasteiger partial charge is 0.469 e. The van der Waals surface area contributed by atoms with E-state index in [1.165, 1.54) is 25.7 Å². The van der Waals surface area contributed by atoms with Gasteiger partial charge in [-0.15, -0.1) is 0 Å². The summed E-state index contributed by atoms with van der Waals surface area (Å²) in [6, 6.07) is 6.73. The van der Waals surface area contributed by atoms with Crippen molar-refractivity contribution in [1.29, 1.82) is 0 Å². The van der Waals surface area contributed by atoms with E-state index in [0.717, 1.165) is 56.6 Å². The molecule has 4 rings (SSSR count). The smallest absolute Gasteiger partial charge is 0.225 e. The van der Waals surface area contributed by atoms with Crippen molar-refractivity contribution in [3.8, 4) is 0 Å². The number of hydrogen-bond acceptors (Lipinski definition) is 5. The fourth-order valence-corrected chi connectivity index (χ4v) is 4.44. The zero-order valence-electron chi connectivity index (χ0n) is 18.0. The lowest BCUT2D eigenvalue weighted by Crippen LogP contribution is -2.52. The first-order chi connectivity index (χ1) is 14.8. The minimum Gasteiger partial charge on any atom is -0.469 e. The van der Waals surface area contributed by atoms with Gasteiger partial charge in [-0.05, 0) is 49.8 Å². The molecule has 1 aliphatic carbocycles. The van der Waals surface area contributed by atoms with Crippen LogP contribution in [0.15, 0.2) is 46.3 Å². The topological polar surface area (TPSA) is 78.6 Å². The Morgan fingerprint density at radius 1 is 1.10 bits per heavy atom. The Kier molecular flexibility index (Phi) is 7.21. The highest BCUT2D eigenvalue weighted by Crippen LogP contribution is 2.24. The number of furan rings is 1. The Bertz CT molecular complexity index is 770. The van der Waals surface area contributed by atoms with Crippen LogP contribution in [-0.4, -0.2) is 47.6 Å². The van der Waals surface area contributed by atoms with Crippen LogP contribution in [0.4, 0.5) is 5.95 Å². The van der Waals surface area contributed by atoms with Gasteiger partial charge in [-0.2, -0.15) is 0 Å². The summed E-state index contributed by atoms with van der Waals surface area (Å²) in [5, 5.41) is 7.46. The number of nitrogens with one attached hydrogen (secondary N) is 2. The molecule has 30 heavy (non-hydrogen) atoms. The molecule has 7 heteroatoms. The van der Waals surface area contributed by atoms with Gasteiger partial charge in [0.2, 0.25) is 5.95 Å². The van der Waals surface area contributed by atoms with E-state index < -0.39 is 0 Å². The second-order valence-electron chi connectivity index (χ2n) is 8.53. The summed E-state index contributed by atoms with van der Waals surface area (Å²) in [7, 11) is 0. The van der Waals surface area contributed by atoms with E-state index in [4.69, 9.17) is 9.41 Å². The highest BCUT2D eigenvalue weighted by molar-refractivity contribution is 5.80. The molecule has 3 heterocycles. The number of piperidine rings is 1. The van der Waals surface area contributed by atoms with Gasteiger partial charge in [-0.1, -0.05) is 19.8 Å². The second kappa shape index (κ2) is 10.5. The molecule has 7 nitrogen and oxygen atoms in total. The van der Waals surface area contributed by atoms with E-state index in [1.807, 2.05) is 30.6 Å². The molecule has 1 saturated heterocycles. The molecule has 1 saturated carbocycles. The molecule has 2 aromatic rings. The molecule has 2 unspecified atom stereocenters. The molecule has 0 bridgehead atoms. The van der Waals surface area contributed by atoms with Gasteiger partial charge in [-0.3, -0.25) is 4.99 Å². The third-order valence-electron chi connectivity index (χ3n) is 6.31. The summed E-state index contributed by atoms with van der Waals surface area (Å²) >= 11 is 0. The molecule has 2 atom stereocenters. The fraction of sp³-hybridized carbons (Fsp3) is 0.609. The number of nitrogens with zero attached hydrogens (tertiary/aromatic N) is 4. The normalized spacial score (nSPS) is 23.4. The molecular formula is C23H34N6O. The first kappa shape index (κ1) is 20.7. The third-order valence-corrected chi connectivity index (χ3v) is 6.31. The zero-order valence-corrected chi connectivity index (χ0v) is 18.0. The van der Waals surface area contributed by atoms with Crippen molar-refractivity contribution in [2.45, 2.75) is 64.0 Å². The van der Waals surface area contributed by atoms with Crippen LogP contribution in [0.2, 0.25) is 0 Å². The predicted octanol–water partition coefficient (Wildman–Crippen LogP) is 3.40. The number of guanidine groups is 1. The van der Waals surface area contributed by atoms with Gasteiger partial charge < -0.3 is 20.0 Å². The molecular weight excluding hydrogens is 376 g/mol. The van der Waals surface area contributed by atoms with Crippen LogP contribution in [0.5, 0.6) is 0 Å². The van der Waals surface area contributed by atoms with Crippen molar-refractivity contribution in [1.82, 2.24) is 20.6 Å². The Hall–Kier alpha value is -2.57. The molecule has 0 spiro atoms. The monoisotopic (exact) mass is 410 g/mol. The van der Waals surface area contributed by atoms with Crippen molar-refractivity contribution < 1.29 is 4.42 Å². The van der Waals surface area contributed by atoms with Crippen LogP contribution in [0, 0.1) is 5.92 Å². The molecule has 2 aromatic heterocycles. The lowest BCUT2D eigenvalue weighted by Gasteiger charge is -2.35. The lowest BCUT2D eigenvalue weighted by atomic mass is 9.86. The molecule has 0 aromatic carbocycles. The number of rotatable bonds is 6. The number of aliphatic imine (C=N–C) groups is 1. The summed E-state index contributed by atoms with van der Waals surface area (Å²) in [4.78, 5) is 15.9. The van der Waals surface area contributed by atoms with Crippen LogP contribution in [0.3, 0.4) is 0 Å². The van der Waals surface area contributed by atoms with E-state index in [1.54, 1.807) is 6.26 Å². The minimum absolute atomic E-state index is 0.415. The van der Waals surface area contributed by atoms with Crippen molar-refractivity contribution >= 4 is 11.9 Å². The van der Waals surface area contributed by atoms with E-state index in [9.17, 15) is 0 Å². The minimum atomic E-state index is 0.415. The summed E-state index contributed by atoms with van der Waals surface area (Å²) in [6.45, 7) is 5.00. The molecule has 2 aliphatic rings. The Balaban J connectivity index is 1.34. The zero-order chi connectivity index (χ0) is 20.6. The molecule has 1 aliphatic heterocycles. The standard InChI is InChI=1S/C23H34N6O/c1-18-6-2-3-8-21(18)28-22(24-14-9-20-7-4-17-30-20)27-19-10-15-29(16-11-19)23-25-12-5-13-26-23/h4-5,7,12-13,17-19,21H,2-3,6,8-11,14-16H2,1H3,(H2,24,27,28). The molecule has 162 valence electrons. The van der Waals surface area contributed by atoms with E-state index in [0.29, 0.717) is 18.0 Å². The van der Waals surface area contributed by atoms with Crippen molar-refractivity contribution in [2.75, 3.05) is 24.5 Å². The summed E-state index contributed by atoms with van der Waals surface area (Å²) in [6.07, 6.45) is 13.5. The first-order valence-corrected chi connectivity index (χ1v) is 11.4. The van der Waals surface area contributed by atoms with Gasteiger partial charge in [0.15, 0.2) is 5.96 Å². The van der Waals surface area contributed by atoms with Crippen LogP contribution in [-0.2, 0) is 6.42 Å². The fourth-order valence-electron chi connectivity index (χ4n) is 4.44. The van der Waals surface area contributed by atoms with Crippen molar-refractivity contribution in [3.05, 3.63) is 42.6 Å². The maximum atomic E-state index is 5.46. The van der Waals surface area contributed by atoms with Gasteiger partial charge in [-0.25, -0.2) is 9.97 Å². The van der Waals surface area contributed by atoms with Crippen LogP contribution < -0.4 is 15.5 Å². The van der Waals surface area contributed by atoms with Gasteiger partial charge in [0.1, 0.15) is 5.76 Å². The Morgan fingerprint density at radius 2 is 1.90 bits per heavy atom. The maximum Gasteiger partial charge on any atom is 0.225 e. The third kappa shape index (κ3) is 5.74. The number of hydrogen-bond donors (Lipinski definition) is 2. The van der Waals surface area contributed by atoms with E-state index in [-0.39, 0.29) is 0 Å². The van der Waals surface area contributed by atoms with Gasteiger partial charge >= 0.3 is 0 Å². The average molecular weight is 411 g/mol. The number of aromatic nitrogens is 2. The van der Waals surface area contributed by atoms with Gasteiger partial charge in [0.25, 0.3) is 0 Å². The summed E-state index contributed by atoms with van der Waals surface area (Å²) < 4.78 is 5.46.